The molecule has 1 atom stereocenters. The molecule has 1 aromatic carbocycles. The fourth-order valence-corrected chi connectivity index (χ4v) is 4.24. The van der Waals surface area contributed by atoms with E-state index in [1.165, 1.54) is 0 Å². The lowest BCUT2D eigenvalue weighted by Crippen LogP contribution is -2.47. The van der Waals surface area contributed by atoms with Crippen molar-refractivity contribution in [2.75, 3.05) is 40.3 Å². The molecule has 2 aliphatic heterocycles. The first kappa shape index (κ1) is 18.9. The number of hydrogen-bond donors (Lipinski definition) is 0. The Hall–Kier alpha value is -1.88. The third kappa shape index (κ3) is 3.93. The number of aryl methyl sites for hydroxylation is 1. The van der Waals surface area contributed by atoms with Crippen LogP contribution in [0.2, 0.25) is 0 Å². The monoisotopic (exact) mass is 357 g/mol. The summed E-state index contributed by atoms with van der Waals surface area (Å²) in [6.07, 6.45) is 3.83. The molecule has 2 heterocycles. The van der Waals surface area contributed by atoms with Crippen LogP contribution in [0.3, 0.4) is 0 Å². The Bertz CT molecular complexity index is 644. The fourth-order valence-electron chi connectivity index (χ4n) is 4.24. The quantitative estimate of drug-likeness (QED) is 0.831. The maximum absolute atomic E-state index is 13.2. The van der Waals surface area contributed by atoms with Gasteiger partial charge in [0.15, 0.2) is 0 Å². The van der Waals surface area contributed by atoms with Crippen LogP contribution in [0.25, 0.3) is 0 Å². The minimum absolute atomic E-state index is 0.0911. The predicted molar refractivity (Wildman–Crippen MR) is 103 cm³/mol. The highest BCUT2D eigenvalue weighted by molar-refractivity contribution is 5.84. The molecule has 5 heteroatoms. The van der Waals surface area contributed by atoms with E-state index < -0.39 is 0 Å². The molecule has 0 aromatic heterocycles. The summed E-state index contributed by atoms with van der Waals surface area (Å²) in [7, 11) is 3.91. The molecule has 3 rings (SSSR count). The van der Waals surface area contributed by atoms with E-state index >= 15 is 0 Å². The van der Waals surface area contributed by atoms with Crippen molar-refractivity contribution in [2.45, 2.75) is 38.6 Å². The number of nitrogens with zero attached hydrogens (tertiary/aromatic N) is 3. The van der Waals surface area contributed by atoms with Gasteiger partial charge in [0, 0.05) is 32.1 Å². The van der Waals surface area contributed by atoms with Gasteiger partial charge in [0.2, 0.25) is 11.8 Å². The molecule has 0 radical (unpaired) electrons. The predicted octanol–water partition coefficient (Wildman–Crippen LogP) is 2.46. The molecule has 0 unspecified atom stereocenters. The number of rotatable bonds is 4. The molecule has 1 aromatic rings. The summed E-state index contributed by atoms with van der Waals surface area (Å²) in [5.41, 5.74) is 2.21. The van der Waals surface area contributed by atoms with E-state index in [4.69, 9.17) is 0 Å². The van der Waals surface area contributed by atoms with Crippen molar-refractivity contribution in [2.24, 2.45) is 5.92 Å². The van der Waals surface area contributed by atoms with Crippen LogP contribution in [0.5, 0.6) is 0 Å². The second-order valence-corrected chi connectivity index (χ2v) is 7.85. The van der Waals surface area contributed by atoms with E-state index in [1.54, 1.807) is 0 Å². The highest BCUT2D eigenvalue weighted by Gasteiger charge is 2.34. The number of likely N-dealkylation sites (tertiary alicyclic amines) is 2. The summed E-state index contributed by atoms with van der Waals surface area (Å²) in [4.78, 5) is 31.8. The lowest BCUT2D eigenvalue weighted by atomic mass is 9.93. The van der Waals surface area contributed by atoms with Crippen LogP contribution in [0, 0.1) is 12.8 Å². The van der Waals surface area contributed by atoms with Gasteiger partial charge in [0.05, 0.1) is 0 Å². The summed E-state index contributed by atoms with van der Waals surface area (Å²) in [6.45, 7) is 5.24. The van der Waals surface area contributed by atoms with Crippen molar-refractivity contribution in [3.8, 4) is 0 Å². The molecule has 2 fully saturated rings. The van der Waals surface area contributed by atoms with Crippen molar-refractivity contribution >= 4 is 11.8 Å². The molecule has 2 aliphatic rings. The number of carbonyl (C=O) groups excluding carboxylic acids is 2. The first-order chi connectivity index (χ1) is 12.5. The van der Waals surface area contributed by atoms with Gasteiger partial charge >= 0.3 is 0 Å². The fraction of sp³-hybridized carbons (Fsp3) is 0.619. The molecule has 2 saturated heterocycles. The zero-order valence-corrected chi connectivity index (χ0v) is 16.3. The normalized spacial score (nSPS) is 19.8. The molecule has 0 saturated carbocycles. The molecular weight excluding hydrogens is 326 g/mol. The third-order valence-corrected chi connectivity index (χ3v) is 5.81. The maximum Gasteiger partial charge on any atom is 0.244 e. The molecule has 0 N–H and O–H groups in total. The van der Waals surface area contributed by atoms with E-state index in [0.717, 1.165) is 49.9 Å². The maximum atomic E-state index is 13.2. The van der Waals surface area contributed by atoms with Crippen LogP contribution in [-0.4, -0.2) is 66.8 Å². The summed E-state index contributed by atoms with van der Waals surface area (Å²) < 4.78 is 0. The van der Waals surface area contributed by atoms with Gasteiger partial charge in [0.1, 0.15) is 6.04 Å². The van der Waals surface area contributed by atoms with Gasteiger partial charge in [-0.15, -0.1) is 0 Å². The van der Waals surface area contributed by atoms with Crippen LogP contribution in [0.4, 0.5) is 0 Å². The topological polar surface area (TPSA) is 43.9 Å². The van der Waals surface area contributed by atoms with Crippen LogP contribution >= 0.6 is 0 Å². The number of benzene rings is 1. The van der Waals surface area contributed by atoms with Gasteiger partial charge in [-0.05, 0) is 57.8 Å². The molecule has 26 heavy (non-hydrogen) atoms. The second-order valence-electron chi connectivity index (χ2n) is 7.85. The van der Waals surface area contributed by atoms with Gasteiger partial charge < -0.3 is 9.80 Å². The van der Waals surface area contributed by atoms with Crippen molar-refractivity contribution in [1.29, 1.82) is 0 Å². The number of piperidine rings is 1. The molecule has 5 nitrogen and oxygen atoms in total. The summed E-state index contributed by atoms with van der Waals surface area (Å²) in [5.74, 6) is 0.544. The van der Waals surface area contributed by atoms with Crippen molar-refractivity contribution in [3.05, 3.63) is 35.4 Å². The summed E-state index contributed by atoms with van der Waals surface area (Å²) in [5, 5.41) is 0. The SMILES string of the molecule is Cc1ccccc1[C@@H](C(=O)N1CCC(C(=O)N2CCCC2)CC1)N(C)C. The van der Waals surface area contributed by atoms with Gasteiger partial charge in [-0.1, -0.05) is 24.3 Å². The summed E-state index contributed by atoms with van der Waals surface area (Å²) in [6, 6.07) is 7.84. The molecule has 0 bridgehead atoms. The Morgan fingerprint density at radius 2 is 1.62 bits per heavy atom. The average Bonchev–Trinajstić information content (AvgIpc) is 3.17. The number of carbonyl (C=O) groups is 2. The van der Waals surface area contributed by atoms with E-state index in [2.05, 4.69) is 13.0 Å². The van der Waals surface area contributed by atoms with Crippen LogP contribution in [0.15, 0.2) is 24.3 Å². The number of amides is 2. The van der Waals surface area contributed by atoms with Crippen LogP contribution < -0.4 is 0 Å². The van der Waals surface area contributed by atoms with E-state index in [0.29, 0.717) is 19.0 Å². The molecule has 2 amide bonds. The van der Waals surface area contributed by atoms with Gasteiger partial charge in [-0.3, -0.25) is 14.5 Å². The molecule has 0 aliphatic carbocycles. The van der Waals surface area contributed by atoms with Crippen LogP contribution in [0.1, 0.15) is 42.9 Å². The van der Waals surface area contributed by atoms with Gasteiger partial charge in [-0.25, -0.2) is 0 Å². The smallest absolute Gasteiger partial charge is 0.244 e. The molecular formula is C21H31N3O2. The van der Waals surface area contributed by atoms with Crippen molar-refractivity contribution < 1.29 is 9.59 Å². The highest BCUT2D eigenvalue weighted by Crippen LogP contribution is 2.28. The summed E-state index contributed by atoms with van der Waals surface area (Å²) >= 11 is 0. The largest absolute Gasteiger partial charge is 0.342 e. The molecule has 0 spiro atoms. The van der Waals surface area contributed by atoms with E-state index in [9.17, 15) is 9.59 Å². The van der Waals surface area contributed by atoms with Crippen LogP contribution in [-0.2, 0) is 9.59 Å². The Morgan fingerprint density at radius 3 is 2.19 bits per heavy atom. The first-order valence-electron chi connectivity index (χ1n) is 9.78. The molecule has 142 valence electrons. The van der Waals surface area contributed by atoms with Gasteiger partial charge in [0.25, 0.3) is 0 Å². The minimum Gasteiger partial charge on any atom is -0.342 e. The van der Waals surface area contributed by atoms with Crippen molar-refractivity contribution in [3.63, 3.8) is 0 Å². The Morgan fingerprint density at radius 1 is 1.00 bits per heavy atom. The van der Waals surface area contributed by atoms with E-state index in [-0.39, 0.29) is 17.9 Å². The Kier molecular flexibility index (Phi) is 5.97. The third-order valence-electron chi connectivity index (χ3n) is 5.81. The first-order valence-corrected chi connectivity index (χ1v) is 9.78. The lowest BCUT2D eigenvalue weighted by molar-refractivity contribution is -0.142. The average molecular weight is 357 g/mol. The standard InChI is InChI=1S/C21H31N3O2/c1-16-8-4-5-9-18(16)19(22(2)3)21(26)24-14-10-17(11-15-24)20(25)23-12-6-7-13-23/h4-5,8-9,17,19H,6-7,10-15H2,1-3H3/t19-/m0/s1. The zero-order valence-electron chi connectivity index (χ0n) is 16.3. The Balaban J connectivity index is 1.65. The lowest BCUT2D eigenvalue weighted by Gasteiger charge is -2.36. The minimum atomic E-state index is -0.262. The number of hydrogen-bond acceptors (Lipinski definition) is 3. The van der Waals surface area contributed by atoms with Crippen molar-refractivity contribution in [1.82, 2.24) is 14.7 Å². The van der Waals surface area contributed by atoms with Gasteiger partial charge in [-0.2, -0.15) is 0 Å². The highest BCUT2D eigenvalue weighted by atomic mass is 16.2. The Labute approximate surface area is 156 Å². The zero-order chi connectivity index (χ0) is 18.7. The van der Waals surface area contributed by atoms with E-state index in [1.807, 2.05) is 47.0 Å². The second kappa shape index (κ2) is 8.21. The number of likely N-dealkylation sites (N-methyl/N-ethyl adjacent to an activating group) is 1.